The largest absolute Gasteiger partial charge is 0.511 e. The third-order valence-electron chi connectivity index (χ3n) is 2.41. The molecular formula is C11H18F3NO4S. The minimum Gasteiger partial charge on any atom is -0.462 e. The predicted molar refractivity (Wildman–Crippen MR) is 67.1 cm³/mol. The van der Waals surface area contributed by atoms with Crippen LogP contribution < -0.4 is 4.72 Å². The van der Waals surface area contributed by atoms with Crippen LogP contribution in [0.15, 0.2) is 12.2 Å². The maximum Gasteiger partial charge on any atom is 0.511 e. The topological polar surface area (TPSA) is 72.5 Å². The summed E-state index contributed by atoms with van der Waals surface area (Å²) in [6.45, 7) is 7.50. The van der Waals surface area contributed by atoms with Crippen LogP contribution in [0.4, 0.5) is 13.2 Å². The first kappa shape index (κ1) is 18.9. The molecule has 0 aromatic rings. The molecule has 0 atom stereocenters. The molecule has 0 saturated heterocycles. The molecule has 0 spiro atoms. The summed E-state index contributed by atoms with van der Waals surface area (Å²) in [6, 6.07) is 0. The smallest absolute Gasteiger partial charge is 0.462 e. The summed E-state index contributed by atoms with van der Waals surface area (Å²) in [5.41, 5.74) is -5.93. The number of alkyl halides is 3. The number of halogens is 3. The van der Waals surface area contributed by atoms with Crippen LogP contribution in [0.2, 0.25) is 0 Å². The summed E-state index contributed by atoms with van der Waals surface area (Å²) < 4.78 is 64.3. The van der Waals surface area contributed by atoms with E-state index < -0.39 is 33.5 Å². The van der Waals surface area contributed by atoms with Crippen LogP contribution in [0.5, 0.6) is 0 Å². The number of carbonyl (C=O) groups is 1. The normalized spacial score (nSPS) is 13.1. The third-order valence-corrected chi connectivity index (χ3v) is 3.54. The van der Waals surface area contributed by atoms with Crippen molar-refractivity contribution in [1.82, 2.24) is 4.72 Å². The van der Waals surface area contributed by atoms with Gasteiger partial charge in [-0.3, -0.25) is 0 Å². The summed E-state index contributed by atoms with van der Waals surface area (Å²) in [4.78, 5) is 11.1. The molecule has 0 amide bonds. The Kier molecular flexibility index (Phi) is 6.22. The van der Waals surface area contributed by atoms with Crippen LogP contribution in [0.1, 0.15) is 27.2 Å². The lowest BCUT2D eigenvalue weighted by Crippen LogP contribution is -2.41. The molecule has 0 saturated carbocycles. The molecular weight excluding hydrogens is 299 g/mol. The molecule has 20 heavy (non-hydrogen) atoms. The summed E-state index contributed by atoms with van der Waals surface area (Å²) in [5, 5.41) is 0. The second-order valence-corrected chi connectivity index (χ2v) is 6.86. The van der Waals surface area contributed by atoms with Gasteiger partial charge < -0.3 is 4.74 Å². The van der Waals surface area contributed by atoms with E-state index in [1.165, 1.54) is 11.6 Å². The Morgan fingerprint density at radius 1 is 1.30 bits per heavy atom. The van der Waals surface area contributed by atoms with Crippen molar-refractivity contribution in [2.45, 2.75) is 32.7 Å². The van der Waals surface area contributed by atoms with E-state index in [1.54, 1.807) is 13.8 Å². The van der Waals surface area contributed by atoms with E-state index in [0.29, 0.717) is 0 Å². The van der Waals surface area contributed by atoms with Gasteiger partial charge in [0.25, 0.3) is 0 Å². The Labute approximate surface area is 116 Å². The molecule has 5 nitrogen and oxygen atoms in total. The number of rotatable bonds is 7. The molecule has 0 bridgehead atoms. The summed E-state index contributed by atoms with van der Waals surface area (Å²) >= 11 is 0. The fourth-order valence-corrected chi connectivity index (χ4v) is 1.75. The van der Waals surface area contributed by atoms with E-state index >= 15 is 0 Å². The van der Waals surface area contributed by atoms with Crippen molar-refractivity contribution in [3.8, 4) is 0 Å². The summed E-state index contributed by atoms with van der Waals surface area (Å²) in [7, 11) is -5.36. The molecule has 0 aromatic carbocycles. The average molecular weight is 317 g/mol. The van der Waals surface area contributed by atoms with Gasteiger partial charge in [0.2, 0.25) is 0 Å². The van der Waals surface area contributed by atoms with E-state index in [1.807, 2.05) is 0 Å². The fraction of sp³-hybridized carbons (Fsp3) is 0.727. The zero-order valence-corrected chi connectivity index (χ0v) is 12.3. The van der Waals surface area contributed by atoms with Gasteiger partial charge in [-0.15, -0.1) is 0 Å². The Hall–Kier alpha value is -1.09. The molecule has 9 heteroatoms. The Morgan fingerprint density at radius 2 is 1.80 bits per heavy atom. The number of sulfonamides is 1. The van der Waals surface area contributed by atoms with Gasteiger partial charge in [-0.05, 0) is 18.8 Å². The highest BCUT2D eigenvalue weighted by Gasteiger charge is 2.46. The first-order chi connectivity index (χ1) is 8.78. The molecule has 0 aliphatic carbocycles. The van der Waals surface area contributed by atoms with Crippen molar-refractivity contribution < 1.29 is 31.1 Å². The number of hydrogen-bond donors (Lipinski definition) is 1. The van der Waals surface area contributed by atoms with Gasteiger partial charge in [-0.2, -0.15) is 13.2 Å². The van der Waals surface area contributed by atoms with Crippen LogP contribution in [0.25, 0.3) is 0 Å². The van der Waals surface area contributed by atoms with Crippen molar-refractivity contribution in [2.75, 3.05) is 13.2 Å². The monoisotopic (exact) mass is 317 g/mol. The molecule has 0 heterocycles. The van der Waals surface area contributed by atoms with Gasteiger partial charge in [0.05, 0.1) is 6.61 Å². The van der Waals surface area contributed by atoms with E-state index in [-0.39, 0.29) is 18.6 Å². The maximum absolute atomic E-state index is 12.1. The average Bonchev–Trinajstić information content (AvgIpc) is 2.24. The van der Waals surface area contributed by atoms with E-state index in [0.717, 1.165) is 0 Å². The predicted octanol–water partition coefficient (Wildman–Crippen LogP) is 1.96. The Balaban J connectivity index is 4.34. The van der Waals surface area contributed by atoms with Crippen molar-refractivity contribution in [2.24, 2.45) is 5.41 Å². The standard InChI is InChI=1S/C11H18F3NO4S/c1-8(2)9(16)19-6-5-10(3,4)7-15-20(17,18)11(12,13)14/h15H,1,5-7H2,2-4H3. The zero-order chi connectivity index (χ0) is 16.2. The van der Waals surface area contributed by atoms with Crippen molar-refractivity contribution in [1.29, 1.82) is 0 Å². The van der Waals surface area contributed by atoms with Crippen LogP contribution in [0.3, 0.4) is 0 Å². The molecule has 0 rings (SSSR count). The number of nitrogens with one attached hydrogen (secondary N) is 1. The minimum atomic E-state index is -5.36. The summed E-state index contributed by atoms with van der Waals surface area (Å²) in [6.07, 6.45) is 0.201. The highest BCUT2D eigenvalue weighted by molar-refractivity contribution is 7.90. The summed E-state index contributed by atoms with van der Waals surface area (Å²) in [5.74, 6) is -0.600. The molecule has 0 radical (unpaired) electrons. The lowest BCUT2D eigenvalue weighted by Gasteiger charge is -2.24. The number of hydrogen-bond acceptors (Lipinski definition) is 4. The molecule has 118 valence electrons. The number of carbonyl (C=O) groups excluding carboxylic acids is 1. The minimum absolute atomic E-state index is 0.0353. The first-order valence-electron chi connectivity index (χ1n) is 5.67. The second kappa shape index (κ2) is 6.57. The molecule has 0 aliphatic rings. The molecule has 0 aliphatic heterocycles. The van der Waals surface area contributed by atoms with Gasteiger partial charge in [0.1, 0.15) is 0 Å². The highest BCUT2D eigenvalue weighted by Crippen LogP contribution is 2.24. The number of esters is 1. The second-order valence-electron chi connectivity index (χ2n) is 5.10. The van der Waals surface area contributed by atoms with Crippen molar-refractivity contribution >= 4 is 16.0 Å². The SMILES string of the molecule is C=C(C)C(=O)OCCC(C)(C)CNS(=O)(=O)C(F)(F)F. The van der Waals surface area contributed by atoms with Crippen molar-refractivity contribution in [3.05, 3.63) is 12.2 Å². The lowest BCUT2D eigenvalue weighted by molar-refractivity contribution is -0.139. The van der Waals surface area contributed by atoms with Gasteiger partial charge in [-0.1, -0.05) is 20.4 Å². The molecule has 0 fully saturated rings. The Bertz CT molecular complexity index is 469. The third kappa shape index (κ3) is 6.38. The van der Waals surface area contributed by atoms with Gasteiger partial charge in [0.15, 0.2) is 0 Å². The van der Waals surface area contributed by atoms with E-state index in [2.05, 4.69) is 6.58 Å². The number of ether oxygens (including phenoxy) is 1. The highest BCUT2D eigenvalue weighted by atomic mass is 32.2. The van der Waals surface area contributed by atoms with Crippen LogP contribution in [-0.4, -0.2) is 33.0 Å². The van der Waals surface area contributed by atoms with E-state index in [4.69, 9.17) is 4.74 Å². The zero-order valence-electron chi connectivity index (χ0n) is 11.5. The van der Waals surface area contributed by atoms with Crippen LogP contribution in [0, 0.1) is 5.41 Å². The van der Waals surface area contributed by atoms with E-state index in [9.17, 15) is 26.4 Å². The van der Waals surface area contributed by atoms with Crippen molar-refractivity contribution in [3.63, 3.8) is 0 Å². The molecule has 0 aromatic heterocycles. The molecule has 1 N–H and O–H groups in total. The van der Waals surface area contributed by atoms with Crippen LogP contribution in [-0.2, 0) is 19.6 Å². The van der Waals surface area contributed by atoms with Crippen LogP contribution >= 0.6 is 0 Å². The Morgan fingerprint density at radius 3 is 2.20 bits per heavy atom. The fourth-order valence-electron chi connectivity index (χ4n) is 1.00. The molecule has 0 unspecified atom stereocenters. The van der Waals surface area contributed by atoms with Gasteiger partial charge in [-0.25, -0.2) is 17.9 Å². The quantitative estimate of drug-likeness (QED) is 0.575. The first-order valence-corrected chi connectivity index (χ1v) is 7.15. The van der Waals surface area contributed by atoms with Gasteiger partial charge >= 0.3 is 21.5 Å². The maximum atomic E-state index is 12.1. The lowest BCUT2D eigenvalue weighted by atomic mass is 9.90. The van der Waals surface area contributed by atoms with Gasteiger partial charge in [0, 0.05) is 12.1 Å².